The molecule has 16 heavy (non-hydrogen) atoms. The van der Waals surface area contributed by atoms with Gasteiger partial charge in [-0.1, -0.05) is 23.4 Å². The zero-order valence-corrected chi connectivity index (χ0v) is 9.01. The fourth-order valence-electron chi connectivity index (χ4n) is 1.56. The van der Waals surface area contributed by atoms with Crippen LogP contribution in [0.3, 0.4) is 0 Å². The van der Waals surface area contributed by atoms with E-state index in [2.05, 4.69) is 10.3 Å². The molecule has 82 valence electrons. The van der Waals surface area contributed by atoms with Crippen LogP contribution >= 0.6 is 0 Å². The number of benzene rings is 1. The maximum absolute atomic E-state index is 10.8. The lowest BCUT2D eigenvalue weighted by Crippen LogP contribution is -2.03. The van der Waals surface area contributed by atoms with E-state index in [0.29, 0.717) is 5.69 Å². The van der Waals surface area contributed by atoms with Gasteiger partial charge < -0.3 is 5.11 Å². The van der Waals surface area contributed by atoms with Crippen LogP contribution in [0.25, 0.3) is 5.69 Å². The molecule has 5 nitrogen and oxygen atoms in total. The second-order valence-electron chi connectivity index (χ2n) is 3.53. The van der Waals surface area contributed by atoms with Crippen molar-refractivity contribution in [2.45, 2.75) is 13.8 Å². The van der Waals surface area contributed by atoms with Crippen LogP contribution in [0.2, 0.25) is 0 Å². The van der Waals surface area contributed by atoms with E-state index in [1.165, 1.54) is 0 Å². The average molecular weight is 217 g/mol. The number of carboxylic acid groups (broad SMARTS) is 1. The van der Waals surface area contributed by atoms with E-state index in [1.807, 2.05) is 31.2 Å². The molecule has 1 N–H and O–H groups in total. The topological polar surface area (TPSA) is 68.0 Å². The molecule has 0 aliphatic rings. The molecule has 0 saturated heterocycles. The first-order valence-corrected chi connectivity index (χ1v) is 4.83. The number of hydrogen-bond donors (Lipinski definition) is 1. The normalized spacial score (nSPS) is 10.4. The fourth-order valence-corrected chi connectivity index (χ4v) is 1.56. The Balaban J connectivity index is 2.58. The number of carboxylic acids is 1. The van der Waals surface area contributed by atoms with Crippen molar-refractivity contribution in [2.24, 2.45) is 0 Å². The molecule has 2 rings (SSSR count). The first-order chi connectivity index (χ1) is 7.61. The molecule has 0 saturated carbocycles. The van der Waals surface area contributed by atoms with Gasteiger partial charge in [0.15, 0.2) is 5.69 Å². The predicted molar refractivity (Wildman–Crippen MR) is 57.8 cm³/mol. The van der Waals surface area contributed by atoms with Gasteiger partial charge in [0.1, 0.15) is 0 Å². The Kier molecular flexibility index (Phi) is 2.44. The van der Waals surface area contributed by atoms with Crippen molar-refractivity contribution in [1.29, 1.82) is 0 Å². The summed E-state index contributed by atoms with van der Waals surface area (Å²) >= 11 is 0. The second-order valence-corrected chi connectivity index (χ2v) is 3.53. The number of carbonyl (C=O) groups is 1. The third-order valence-corrected chi connectivity index (χ3v) is 2.44. The van der Waals surface area contributed by atoms with Crippen molar-refractivity contribution in [3.8, 4) is 5.69 Å². The highest BCUT2D eigenvalue weighted by molar-refractivity contribution is 5.86. The quantitative estimate of drug-likeness (QED) is 0.829. The molecule has 0 atom stereocenters. The number of aromatic carboxylic acids is 1. The van der Waals surface area contributed by atoms with Gasteiger partial charge in [-0.3, -0.25) is 0 Å². The third kappa shape index (κ3) is 1.56. The van der Waals surface area contributed by atoms with Gasteiger partial charge in [0.25, 0.3) is 0 Å². The van der Waals surface area contributed by atoms with E-state index >= 15 is 0 Å². The molecule has 2 aromatic rings. The Morgan fingerprint density at radius 3 is 2.56 bits per heavy atom. The largest absolute Gasteiger partial charge is 0.476 e. The number of nitrogens with zero attached hydrogens (tertiary/aromatic N) is 3. The predicted octanol–water partition coefficient (Wildman–Crippen LogP) is 1.58. The van der Waals surface area contributed by atoms with Crippen LogP contribution in [-0.4, -0.2) is 26.1 Å². The first kappa shape index (κ1) is 10.4. The van der Waals surface area contributed by atoms with Gasteiger partial charge in [-0.25, -0.2) is 9.48 Å². The molecular weight excluding hydrogens is 206 g/mol. The summed E-state index contributed by atoms with van der Waals surface area (Å²) in [7, 11) is 0. The fraction of sp³-hybridized carbons (Fsp3) is 0.182. The zero-order chi connectivity index (χ0) is 11.7. The highest BCUT2D eigenvalue weighted by Crippen LogP contribution is 2.15. The number of aryl methyl sites for hydroxylation is 1. The highest BCUT2D eigenvalue weighted by atomic mass is 16.4. The van der Waals surface area contributed by atoms with Gasteiger partial charge in [-0.15, -0.1) is 5.10 Å². The van der Waals surface area contributed by atoms with Crippen LogP contribution in [0.5, 0.6) is 0 Å². The van der Waals surface area contributed by atoms with Crippen LogP contribution < -0.4 is 0 Å². The maximum atomic E-state index is 10.8. The molecule has 5 heteroatoms. The molecule has 0 fully saturated rings. The smallest absolute Gasteiger partial charge is 0.358 e. The summed E-state index contributed by atoms with van der Waals surface area (Å²) in [5.74, 6) is -1.06. The molecule has 0 unspecified atom stereocenters. The van der Waals surface area contributed by atoms with Crippen LogP contribution in [0.4, 0.5) is 0 Å². The van der Waals surface area contributed by atoms with Crippen LogP contribution in [0.15, 0.2) is 24.3 Å². The summed E-state index contributed by atoms with van der Waals surface area (Å²) in [5.41, 5.74) is 2.39. The van der Waals surface area contributed by atoms with Gasteiger partial charge >= 0.3 is 5.97 Å². The van der Waals surface area contributed by atoms with Crippen molar-refractivity contribution in [2.75, 3.05) is 0 Å². The Morgan fingerprint density at radius 2 is 2.00 bits per heavy atom. The minimum absolute atomic E-state index is 0.0109. The van der Waals surface area contributed by atoms with E-state index in [-0.39, 0.29) is 5.69 Å². The lowest BCUT2D eigenvalue weighted by atomic mass is 10.2. The van der Waals surface area contributed by atoms with Crippen molar-refractivity contribution >= 4 is 5.97 Å². The standard InChI is InChI=1S/C11H11N3O2/c1-7-5-3-4-6-9(7)14-8(2)10(11(15)16)12-13-14/h3-6H,1-2H3,(H,15,16). The van der Waals surface area contributed by atoms with Crippen molar-refractivity contribution in [1.82, 2.24) is 15.0 Å². The second kappa shape index (κ2) is 3.77. The van der Waals surface area contributed by atoms with Crippen molar-refractivity contribution in [3.63, 3.8) is 0 Å². The Hall–Kier alpha value is -2.17. The number of para-hydroxylation sites is 1. The maximum Gasteiger partial charge on any atom is 0.358 e. The van der Waals surface area contributed by atoms with Gasteiger partial charge in [0.2, 0.25) is 0 Å². The van der Waals surface area contributed by atoms with Gasteiger partial charge in [0.05, 0.1) is 11.4 Å². The number of aromatic nitrogens is 3. The number of rotatable bonds is 2. The molecule has 0 radical (unpaired) electrons. The molecule has 1 aromatic heterocycles. The van der Waals surface area contributed by atoms with Crippen molar-refractivity contribution in [3.05, 3.63) is 41.2 Å². The van der Waals surface area contributed by atoms with E-state index < -0.39 is 5.97 Å². The van der Waals surface area contributed by atoms with Gasteiger partial charge in [0, 0.05) is 0 Å². The minimum Gasteiger partial charge on any atom is -0.476 e. The van der Waals surface area contributed by atoms with Crippen LogP contribution in [0.1, 0.15) is 21.7 Å². The highest BCUT2D eigenvalue weighted by Gasteiger charge is 2.16. The summed E-state index contributed by atoms with van der Waals surface area (Å²) in [5, 5.41) is 16.4. The van der Waals surface area contributed by atoms with E-state index in [1.54, 1.807) is 11.6 Å². The molecule has 1 heterocycles. The van der Waals surface area contributed by atoms with Crippen LogP contribution in [0, 0.1) is 13.8 Å². The zero-order valence-electron chi connectivity index (χ0n) is 9.01. The molecule has 0 aliphatic heterocycles. The molecule has 0 spiro atoms. The molecule has 1 aromatic carbocycles. The Labute approximate surface area is 92.3 Å². The summed E-state index contributed by atoms with van der Waals surface area (Å²) in [4.78, 5) is 10.8. The van der Waals surface area contributed by atoms with Gasteiger partial charge in [-0.05, 0) is 25.5 Å². The third-order valence-electron chi connectivity index (χ3n) is 2.44. The number of hydrogen-bond acceptors (Lipinski definition) is 3. The summed E-state index contributed by atoms with van der Waals surface area (Å²) in [6.07, 6.45) is 0. The monoisotopic (exact) mass is 217 g/mol. The molecule has 0 bridgehead atoms. The Morgan fingerprint density at radius 1 is 1.31 bits per heavy atom. The minimum atomic E-state index is -1.06. The van der Waals surface area contributed by atoms with E-state index in [0.717, 1.165) is 11.3 Å². The lowest BCUT2D eigenvalue weighted by molar-refractivity contribution is 0.0689. The SMILES string of the molecule is Cc1ccccc1-n1nnc(C(=O)O)c1C. The van der Waals surface area contributed by atoms with Gasteiger partial charge in [-0.2, -0.15) is 0 Å². The summed E-state index contributed by atoms with van der Waals surface area (Å²) in [6, 6.07) is 7.62. The average Bonchev–Trinajstić information content (AvgIpc) is 2.61. The van der Waals surface area contributed by atoms with Crippen LogP contribution in [-0.2, 0) is 0 Å². The van der Waals surface area contributed by atoms with E-state index in [4.69, 9.17) is 5.11 Å². The Bertz CT molecular complexity index is 546. The lowest BCUT2D eigenvalue weighted by Gasteiger charge is -2.05. The summed E-state index contributed by atoms with van der Waals surface area (Å²) < 4.78 is 1.54. The van der Waals surface area contributed by atoms with E-state index in [9.17, 15) is 4.79 Å². The molecular formula is C11H11N3O2. The van der Waals surface area contributed by atoms with Crippen molar-refractivity contribution < 1.29 is 9.90 Å². The summed E-state index contributed by atoms with van der Waals surface area (Å²) in [6.45, 7) is 3.63. The molecule has 0 amide bonds. The molecule has 0 aliphatic carbocycles. The first-order valence-electron chi connectivity index (χ1n) is 4.83.